The number of aliphatic hydroxyl groups is 2. The van der Waals surface area contributed by atoms with Gasteiger partial charge in [-0.2, -0.15) is 0 Å². The maximum Gasteiger partial charge on any atom is 0.472 e. The standard InChI is InChI=1S/C58H105O9P/c1-3-5-7-9-11-13-15-17-19-21-23-25-27-29-31-33-35-37-39-41-43-45-47-49-51-64-54-57(55-66-68(62,63)65-53-56(60)52-59)67-58(61)50-48-46-44-42-40-38-36-34-32-30-28-26-24-22-20-18-16-14-12-10-8-6-4-2/h6,8,12,14-15,17-18,20-21,23-24,26,56-57,59-60H,3-5,7,9-11,13,16,19,22,25,27-55H2,1-2H3,(H,62,63)/b8-6-,14-12-,17-15-,20-18-,23-21-,26-24-. The van der Waals surface area contributed by atoms with Crippen molar-refractivity contribution in [3.63, 3.8) is 0 Å². The first-order valence-corrected chi connectivity index (χ1v) is 29.4. The van der Waals surface area contributed by atoms with Crippen LogP contribution in [0.2, 0.25) is 0 Å². The Bertz CT molecular complexity index is 1290. The molecule has 0 aromatic carbocycles. The van der Waals surface area contributed by atoms with Gasteiger partial charge in [0.15, 0.2) is 0 Å². The van der Waals surface area contributed by atoms with Gasteiger partial charge in [-0.25, -0.2) is 4.57 Å². The minimum absolute atomic E-state index is 0.0447. The predicted molar refractivity (Wildman–Crippen MR) is 288 cm³/mol. The number of phosphoric ester groups is 1. The van der Waals surface area contributed by atoms with Crippen molar-refractivity contribution in [2.45, 2.75) is 257 Å². The van der Waals surface area contributed by atoms with Crippen LogP contribution in [0.4, 0.5) is 0 Å². The van der Waals surface area contributed by atoms with Gasteiger partial charge in [-0.1, -0.05) is 228 Å². The Morgan fingerprint density at radius 2 is 0.838 bits per heavy atom. The van der Waals surface area contributed by atoms with E-state index in [0.29, 0.717) is 6.61 Å². The summed E-state index contributed by atoms with van der Waals surface area (Å²) in [6, 6.07) is 0. The Morgan fingerprint density at radius 1 is 0.471 bits per heavy atom. The molecule has 0 aliphatic carbocycles. The summed E-state index contributed by atoms with van der Waals surface area (Å²) in [5, 5.41) is 18.5. The molecule has 0 rings (SSSR count). The second-order valence-corrected chi connectivity index (χ2v) is 20.0. The van der Waals surface area contributed by atoms with Crippen LogP contribution in [0, 0.1) is 0 Å². The van der Waals surface area contributed by atoms with Crippen LogP contribution in [0.1, 0.15) is 245 Å². The normalized spacial score (nSPS) is 14.2. The number of esters is 1. The molecular formula is C58H105O9P. The number of phosphoric acid groups is 1. The third-order valence-electron chi connectivity index (χ3n) is 11.9. The zero-order valence-electron chi connectivity index (χ0n) is 43.8. The van der Waals surface area contributed by atoms with Crippen molar-refractivity contribution < 1.29 is 43.0 Å². The second kappa shape index (κ2) is 54.2. The molecule has 0 amide bonds. The van der Waals surface area contributed by atoms with Crippen LogP contribution in [-0.2, 0) is 27.9 Å². The highest BCUT2D eigenvalue weighted by molar-refractivity contribution is 7.47. The molecule has 0 aliphatic rings. The van der Waals surface area contributed by atoms with E-state index >= 15 is 0 Å². The second-order valence-electron chi connectivity index (χ2n) is 18.6. The average molecular weight is 977 g/mol. The van der Waals surface area contributed by atoms with Gasteiger partial charge in [0.25, 0.3) is 0 Å². The smallest absolute Gasteiger partial charge is 0.457 e. The van der Waals surface area contributed by atoms with Gasteiger partial charge >= 0.3 is 13.8 Å². The van der Waals surface area contributed by atoms with E-state index in [1.165, 1.54) is 141 Å². The van der Waals surface area contributed by atoms with Crippen LogP contribution in [0.25, 0.3) is 0 Å². The predicted octanol–water partition coefficient (Wildman–Crippen LogP) is 16.8. The Morgan fingerprint density at radius 3 is 1.26 bits per heavy atom. The summed E-state index contributed by atoms with van der Waals surface area (Å²) < 4.78 is 33.6. The van der Waals surface area contributed by atoms with Gasteiger partial charge in [0, 0.05) is 13.0 Å². The first kappa shape index (κ1) is 65.9. The molecule has 0 saturated carbocycles. The first-order valence-electron chi connectivity index (χ1n) is 27.9. The van der Waals surface area contributed by atoms with Crippen LogP contribution < -0.4 is 0 Å². The highest BCUT2D eigenvalue weighted by Gasteiger charge is 2.26. The van der Waals surface area contributed by atoms with Crippen LogP contribution in [0.5, 0.6) is 0 Å². The molecule has 0 aromatic heterocycles. The minimum Gasteiger partial charge on any atom is -0.457 e. The van der Waals surface area contributed by atoms with E-state index in [1.54, 1.807) is 0 Å². The Labute approximate surface area is 418 Å². The van der Waals surface area contributed by atoms with Crippen molar-refractivity contribution in [1.82, 2.24) is 0 Å². The molecule has 3 N–H and O–H groups in total. The highest BCUT2D eigenvalue weighted by Crippen LogP contribution is 2.43. The molecule has 396 valence electrons. The Balaban J connectivity index is 4.04. The van der Waals surface area contributed by atoms with Gasteiger partial charge in [-0.3, -0.25) is 13.8 Å². The molecule has 0 saturated heterocycles. The largest absolute Gasteiger partial charge is 0.472 e. The maximum atomic E-state index is 12.7. The van der Waals surface area contributed by atoms with E-state index in [-0.39, 0.29) is 25.6 Å². The summed E-state index contributed by atoms with van der Waals surface area (Å²) in [6.07, 6.45) is 67.3. The number of hydrogen-bond acceptors (Lipinski definition) is 8. The number of aliphatic hydroxyl groups excluding tert-OH is 2. The van der Waals surface area contributed by atoms with Crippen molar-refractivity contribution >= 4 is 13.8 Å². The van der Waals surface area contributed by atoms with Gasteiger partial charge in [0.1, 0.15) is 12.2 Å². The van der Waals surface area contributed by atoms with E-state index in [2.05, 4.69) is 86.8 Å². The van der Waals surface area contributed by atoms with E-state index < -0.39 is 33.2 Å². The summed E-state index contributed by atoms with van der Waals surface area (Å²) in [5.41, 5.74) is 0. The average Bonchev–Trinajstić information content (AvgIpc) is 3.33. The number of hydrogen-bond donors (Lipinski definition) is 3. The third-order valence-corrected chi connectivity index (χ3v) is 12.8. The monoisotopic (exact) mass is 977 g/mol. The number of rotatable bonds is 53. The molecule has 9 nitrogen and oxygen atoms in total. The van der Waals surface area contributed by atoms with E-state index in [1.807, 2.05) is 0 Å². The van der Waals surface area contributed by atoms with E-state index in [0.717, 1.165) is 83.5 Å². The molecule has 10 heteroatoms. The lowest BCUT2D eigenvalue weighted by atomic mass is 10.0. The maximum absolute atomic E-state index is 12.7. The number of allylic oxidation sites excluding steroid dienone is 12. The van der Waals surface area contributed by atoms with Crippen LogP contribution in [0.15, 0.2) is 72.9 Å². The van der Waals surface area contributed by atoms with Crippen molar-refractivity contribution in [3.8, 4) is 0 Å². The number of carbonyl (C=O) groups is 1. The molecule has 0 aliphatic heterocycles. The van der Waals surface area contributed by atoms with Crippen molar-refractivity contribution in [2.24, 2.45) is 0 Å². The molecule has 0 heterocycles. The fourth-order valence-electron chi connectivity index (χ4n) is 7.67. The van der Waals surface area contributed by atoms with Crippen LogP contribution >= 0.6 is 7.82 Å². The van der Waals surface area contributed by atoms with E-state index in [4.69, 9.17) is 23.6 Å². The number of carbonyl (C=O) groups excluding carboxylic acids is 1. The lowest BCUT2D eigenvalue weighted by Gasteiger charge is -2.20. The zero-order chi connectivity index (χ0) is 49.5. The quantitative estimate of drug-likeness (QED) is 0.0236. The third kappa shape index (κ3) is 53.3. The lowest BCUT2D eigenvalue weighted by molar-refractivity contribution is -0.154. The summed E-state index contributed by atoms with van der Waals surface area (Å²) in [6.45, 7) is 3.42. The molecule has 3 unspecified atom stereocenters. The topological polar surface area (TPSA) is 132 Å². The van der Waals surface area contributed by atoms with Crippen LogP contribution in [-0.4, -0.2) is 66.3 Å². The Hall–Kier alpha value is -2.10. The van der Waals surface area contributed by atoms with Gasteiger partial charge in [0.05, 0.1) is 26.4 Å². The van der Waals surface area contributed by atoms with Gasteiger partial charge in [-0.05, 0) is 83.5 Å². The summed E-state index contributed by atoms with van der Waals surface area (Å²) in [4.78, 5) is 22.8. The molecule has 0 aromatic rings. The molecule has 0 bridgehead atoms. The molecule has 0 radical (unpaired) electrons. The summed E-state index contributed by atoms with van der Waals surface area (Å²) in [5.74, 6) is -0.387. The zero-order valence-corrected chi connectivity index (χ0v) is 44.7. The summed E-state index contributed by atoms with van der Waals surface area (Å²) in [7, 11) is -4.53. The SMILES string of the molecule is CC/C=C\C/C=C\C/C=C\C/C=C\CCCCCCCCCCCCC(=O)OC(COCCCCCCCCCCCCCC/C=C\C/C=C\CCCCCCC)COP(=O)(O)OCC(O)CO. The van der Waals surface area contributed by atoms with Gasteiger partial charge < -0.3 is 24.6 Å². The number of ether oxygens (including phenoxy) is 2. The Kier molecular flexibility index (Phi) is 52.6. The van der Waals surface area contributed by atoms with Crippen molar-refractivity contribution in [1.29, 1.82) is 0 Å². The molecule has 0 spiro atoms. The van der Waals surface area contributed by atoms with Gasteiger partial charge in [-0.15, -0.1) is 0 Å². The molecular weight excluding hydrogens is 872 g/mol. The highest BCUT2D eigenvalue weighted by atomic mass is 31.2. The van der Waals surface area contributed by atoms with Crippen molar-refractivity contribution in [2.75, 3.05) is 33.0 Å². The van der Waals surface area contributed by atoms with Crippen LogP contribution in [0.3, 0.4) is 0 Å². The minimum atomic E-state index is -4.53. The fraction of sp³-hybridized carbons (Fsp3) is 0.776. The van der Waals surface area contributed by atoms with E-state index in [9.17, 15) is 19.4 Å². The van der Waals surface area contributed by atoms with Gasteiger partial charge in [0.2, 0.25) is 0 Å². The number of unbranched alkanes of at least 4 members (excludes halogenated alkanes) is 27. The molecule has 3 atom stereocenters. The lowest BCUT2D eigenvalue weighted by Crippen LogP contribution is -2.29. The molecule has 0 fully saturated rings. The van der Waals surface area contributed by atoms with Crippen molar-refractivity contribution in [3.05, 3.63) is 72.9 Å². The first-order chi connectivity index (χ1) is 33.3. The molecule has 68 heavy (non-hydrogen) atoms. The fourth-order valence-corrected chi connectivity index (χ4v) is 8.46. The summed E-state index contributed by atoms with van der Waals surface area (Å²) >= 11 is 0.